The van der Waals surface area contributed by atoms with Crippen molar-refractivity contribution in [2.45, 2.75) is 39.8 Å². The fourth-order valence-corrected chi connectivity index (χ4v) is 1.32. The van der Waals surface area contributed by atoms with Gasteiger partial charge in [-0.1, -0.05) is 20.8 Å². The molecule has 1 saturated heterocycles. The van der Waals surface area contributed by atoms with Crippen molar-refractivity contribution in [1.29, 1.82) is 0 Å². The quantitative estimate of drug-likeness (QED) is 0.497. The summed E-state index contributed by atoms with van der Waals surface area (Å²) >= 11 is 0. The van der Waals surface area contributed by atoms with Crippen LogP contribution in [0.3, 0.4) is 0 Å². The Balaban J connectivity index is 2.37. The maximum Gasteiger partial charge on any atom is 0.324 e. The minimum atomic E-state index is -0.113. The van der Waals surface area contributed by atoms with Crippen LogP contribution in [0.15, 0.2) is 0 Å². The lowest BCUT2D eigenvalue weighted by molar-refractivity contribution is -0.142. The highest BCUT2D eigenvalue weighted by Gasteiger charge is 2.49. The predicted molar refractivity (Wildman–Crippen MR) is 46.8 cm³/mol. The van der Waals surface area contributed by atoms with E-state index in [0.717, 1.165) is 0 Å². The van der Waals surface area contributed by atoms with Gasteiger partial charge in [0.1, 0.15) is 6.04 Å². The molecule has 0 saturated carbocycles. The molecule has 0 amide bonds. The zero-order valence-electron chi connectivity index (χ0n) is 8.18. The van der Waals surface area contributed by atoms with E-state index < -0.39 is 0 Å². The molecular weight excluding hydrogens is 154 g/mol. The molecule has 1 N–H and O–H groups in total. The summed E-state index contributed by atoms with van der Waals surface area (Å²) in [6, 6.07) is 0.224. The van der Waals surface area contributed by atoms with E-state index >= 15 is 0 Å². The van der Waals surface area contributed by atoms with Crippen LogP contribution in [0.25, 0.3) is 0 Å². The second-order valence-electron chi connectivity index (χ2n) is 4.24. The summed E-state index contributed by atoms with van der Waals surface area (Å²) in [6.45, 7) is 8.64. The molecule has 70 valence electrons. The van der Waals surface area contributed by atoms with Gasteiger partial charge in [0, 0.05) is 6.04 Å². The van der Waals surface area contributed by atoms with Crippen LogP contribution in [-0.4, -0.2) is 24.7 Å². The SMILES string of the molecule is CCOC(=O)[C@H]1N[C@H]1C(C)(C)C. The van der Waals surface area contributed by atoms with Crippen LogP contribution in [0.5, 0.6) is 0 Å². The number of rotatable bonds is 2. The topological polar surface area (TPSA) is 48.2 Å². The Kier molecular flexibility index (Phi) is 2.42. The van der Waals surface area contributed by atoms with Gasteiger partial charge in [-0.2, -0.15) is 0 Å². The Morgan fingerprint density at radius 1 is 1.50 bits per heavy atom. The largest absolute Gasteiger partial charge is 0.465 e. The third-order valence-electron chi connectivity index (χ3n) is 2.06. The van der Waals surface area contributed by atoms with Crippen molar-refractivity contribution in [2.24, 2.45) is 5.41 Å². The van der Waals surface area contributed by atoms with Crippen molar-refractivity contribution in [3.8, 4) is 0 Å². The Morgan fingerprint density at radius 2 is 2.08 bits per heavy atom. The highest BCUT2D eigenvalue weighted by molar-refractivity contribution is 5.80. The first-order valence-electron chi connectivity index (χ1n) is 4.39. The van der Waals surface area contributed by atoms with E-state index in [4.69, 9.17) is 4.74 Å². The molecule has 1 aliphatic rings. The fraction of sp³-hybridized carbons (Fsp3) is 0.889. The lowest BCUT2D eigenvalue weighted by atomic mass is 9.90. The highest BCUT2D eigenvalue weighted by atomic mass is 16.5. The summed E-state index contributed by atoms with van der Waals surface area (Å²) < 4.78 is 4.89. The van der Waals surface area contributed by atoms with Crippen LogP contribution in [-0.2, 0) is 9.53 Å². The molecule has 0 aromatic heterocycles. The minimum absolute atomic E-state index is 0.0649. The van der Waals surface area contributed by atoms with E-state index in [2.05, 4.69) is 26.1 Å². The van der Waals surface area contributed by atoms with Gasteiger partial charge in [0.05, 0.1) is 6.61 Å². The Labute approximate surface area is 73.5 Å². The second-order valence-corrected chi connectivity index (χ2v) is 4.24. The minimum Gasteiger partial charge on any atom is -0.465 e. The first-order valence-corrected chi connectivity index (χ1v) is 4.39. The van der Waals surface area contributed by atoms with Crippen LogP contribution in [0.4, 0.5) is 0 Å². The van der Waals surface area contributed by atoms with E-state index in [1.165, 1.54) is 0 Å². The van der Waals surface area contributed by atoms with Gasteiger partial charge in [0.25, 0.3) is 0 Å². The molecule has 0 aromatic carbocycles. The molecule has 0 aromatic rings. The molecule has 1 rings (SSSR count). The van der Waals surface area contributed by atoms with E-state index in [-0.39, 0.29) is 23.5 Å². The number of carbonyl (C=O) groups excluding carboxylic acids is 1. The Hall–Kier alpha value is -0.570. The van der Waals surface area contributed by atoms with Crippen LogP contribution in [0.1, 0.15) is 27.7 Å². The van der Waals surface area contributed by atoms with Gasteiger partial charge in [-0.3, -0.25) is 10.1 Å². The van der Waals surface area contributed by atoms with Crippen molar-refractivity contribution in [3.05, 3.63) is 0 Å². The van der Waals surface area contributed by atoms with Crippen LogP contribution < -0.4 is 5.32 Å². The van der Waals surface area contributed by atoms with Gasteiger partial charge in [-0.25, -0.2) is 0 Å². The number of esters is 1. The normalized spacial score (nSPS) is 28.3. The summed E-state index contributed by atoms with van der Waals surface area (Å²) in [5, 5.41) is 3.12. The molecular formula is C9H17NO2. The standard InChI is InChI=1S/C9H17NO2/c1-5-12-8(11)6-7(10-6)9(2,3)4/h6-7,10H,5H2,1-4H3/t6-,7+/m0/s1. The highest BCUT2D eigenvalue weighted by Crippen LogP contribution is 2.31. The predicted octanol–water partition coefficient (Wildman–Crippen LogP) is 0.936. The van der Waals surface area contributed by atoms with Crippen molar-refractivity contribution in [2.75, 3.05) is 6.61 Å². The fourth-order valence-electron chi connectivity index (χ4n) is 1.32. The van der Waals surface area contributed by atoms with Crippen molar-refractivity contribution in [1.82, 2.24) is 5.32 Å². The van der Waals surface area contributed by atoms with Crippen LogP contribution >= 0.6 is 0 Å². The number of carbonyl (C=O) groups is 1. The average molecular weight is 171 g/mol. The summed E-state index contributed by atoms with van der Waals surface area (Å²) in [7, 11) is 0. The first kappa shape index (κ1) is 9.52. The first-order chi connectivity index (χ1) is 5.46. The Morgan fingerprint density at radius 3 is 2.42 bits per heavy atom. The third-order valence-corrected chi connectivity index (χ3v) is 2.06. The lowest BCUT2D eigenvalue weighted by Gasteiger charge is -2.15. The van der Waals surface area contributed by atoms with E-state index in [0.29, 0.717) is 6.61 Å². The van der Waals surface area contributed by atoms with Gasteiger partial charge in [0.15, 0.2) is 0 Å². The molecule has 1 heterocycles. The number of nitrogens with one attached hydrogen (secondary N) is 1. The zero-order valence-corrected chi connectivity index (χ0v) is 8.18. The average Bonchev–Trinajstić information content (AvgIpc) is 2.62. The maximum absolute atomic E-state index is 11.2. The molecule has 3 nitrogen and oxygen atoms in total. The molecule has 0 aliphatic carbocycles. The molecule has 2 atom stereocenters. The van der Waals surface area contributed by atoms with Gasteiger partial charge in [-0.15, -0.1) is 0 Å². The van der Waals surface area contributed by atoms with Crippen LogP contribution in [0.2, 0.25) is 0 Å². The smallest absolute Gasteiger partial charge is 0.324 e. The molecule has 1 fully saturated rings. The van der Waals surface area contributed by atoms with E-state index in [1.807, 2.05) is 6.92 Å². The zero-order chi connectivity index (χ0) is 9.35. The Bertz CT molecular complexity index is 183. The van der Waals surface area contributed by atoms with E-state index in [1.54, 1.807) is 0 Å². The van der Waals surface area contributed by atoms with Crippen molar-refractivity contribution >= 4 is 5.97 Å². The van der Waals surface area contributed by atoms with Gasteiger partial charge in [0.2, 0.25) is 0 Å². The van der Waals surface area contributed by atoms with Crippen LogP contribution in [0, 0.1) is 5.41 Å². The molecule has 0 spiro atoms. The third kappa shape index (κ3) is 1.97. The van der Waals surface area contributed by atoms with Gasteiger partial charge in [-0.05, 0) is 12.3 Å². The molecule has 0 bridgehead atoms. The second kappa shape index (κ2) is 3.05. The summed E-state index contributed by atoms with van der Waals surface area (Å²) in [4.78, 5) is 11.2. The van der Waals surface area contributed by atoms with Crippen molar-refractivity contribution in [3.63, 3.8) is 0 Å². The molecule has 3 heteroatoms. The molecule has 0 unspecified atom stereocenters. The summed E-state index contributed by atoms with van der Waals surface area (Å²) in [6.07, 6.45) is 0. The number of hydrogen-bond donors (Lipinski definition) is 1. The number of hydrogen-bond acceptors (Lipinski definition) is 3. The van der Waals surface area contributed by atoms with Crippen molar-refractivity contribution < 1.29 is 9.53 Å². The lowest BCUT2D eigenvalue weighted by Crippen LogP contribution is -2.22. The molecule has 12 heavy (non-hydrogen) atoms. The summed E-state index contributed by atoms with van der Waals surface area (Å²) in [5.41, 5.74) is 0.150. The summed E-state index contributed by atoms with van der Waals surface area (Å²) in [5.74, 6) is -0.113. The maximum atomic E-state index is 11.2. The number of ether oxygens (including phenoxy) is 1. The van der Waals surface area contributed by atoms with Gasteiger partial charge < -0.3 is 4.74 Å². The monoisotopic (exact) mass is 171 g/mol. The van der Waals surface area contributed by atoms with Gasteiger partial charge >= 0.3 is 5.97 Å². The van der Waals surface area contributed by atoms with E-state index in [9.17, 15) is 4.79 Å². The molecule has 0 radical (unpaired) electrons. The molecule has 1 aliphatic heterocycles.